The van der Waals surface area contributed by atoms with E-state index in [-0.39, 0.29) is 0 Å². The number of nitrogens with zero attached hydrogens (tertiary/aromatic N) is 1. The van der Waals surface area contributed by atoms with Gasteiger partial charge in [-0.05, 0) is 30.7 Å². The van der Waals surface area contributed by atoms with Crippen LogP contribution in [0.1, 0.15) is 16.8 Å². The molecule has 1 aromatic heterocycles. The summed E-state index contributed by atoms with van der Waals surface area (Å²) in [6.45, 7) is 2.07. The maximum atomic E-state index is 12.7. The second-order valence-corrected chi connectivity index (χ2v) is 4.55. The number of hydrogen-bond acceptors (Lipinski definition) is 3. The quantitative estimate of drug-likeness (QED) is 0.925. The van der Waals surface area contributed by atoms with Crippen molar-refractivity contribution >= 4 is 5.69 Å². The zero-order chi connectivity index (χ0) is 15.5. The molecule has 0 amide bonds. The lowest BCUT2D eigenvalue weighted by Gasteiger charge is -2.13. The number of alkyl halides is 3. The fourth-order valence-electron chi connectivity index (χ4n) is 1.84. The molecule has 1 heterocycles. The highest BCUT2D eigenvalue weighted by molar-refractivity contribution is 5.53. The molecule has 2 aromatic rings. The maximum absolute atomic E-state index is 12.7. The largest absolute Gasteiger partial charge is 0.481 e. The van der Waals surface area contributed by atoms with Crippen molar-refractivity contribution in [2.75, 3.05) is 12.4 Å². The van der Waals surface area contributed by atoms with Crippen LogP contribution in [-0.2, 0) is 12.7 Å². The number of ether oxygens (including phenoxy) is 1. The Balaban J connectivity index is 2.15. The molecule has 6 heteroatoms. The van der Waals surface area contributed by atoms with Crippen LogP contribution in [0.15, 0.2) is 36.4 Å². The van der Waals surface area contributed by atoms with E-state index in [2.05, 4.69) is 10.3 Å². The van der Waals surface area contributed by atoms with E-state index in [4.69, 9.17) is 4.74 Å². The van der Waals surface area contributed by atoms with Gasteiger partial charge in [-0.3, -0.25) is 0 Å². The summed E-state index contributed by atoms with van der Waals surface area (Å²) in [6.07, 6.45) is -4.35. The molecular formula is C15H15F3N2O. The minimum absolute atomic E-state index is 0.319. The fraction of sp³-hybridized carbons (Fsp3) is 0.267. The summed E-state index contributed by atoms with van der Waals surface area (Å²) in [6, 6.07) is 8.89. The standard InChI is InChI=1S/C15H15F3N2O/c1-10-6-7-11(15(16,17)18)8-13(10)19-9-12-4-3-5-14(20-12)21-2/h3-8,19H,9H2,1-2H3. The Kier molecular flexibility index (Phi) is 4.35. The van der Waals surface area contributed by atoms with Crippen LogP contribution < -0.4 is 10.1 Å². The second-order valence-electron chi connectivity index (χ2n) is 4.55. The van der Waals surface area contributed by atoms with Crippen molar-refractivity contribution in [3.8, 4) is 5.88 Å². The first kappa shape index (κ1) is 15.2. The number of pyridine rings is 1. The molecule has 2 rings (SSSR count). The van der Waals surface area contributed by atoms with E-state index in [1.807, 2.05) is 0 Å². The monoisotopic (exact) mass is 296 g/mol. The van der Waals surface area contributed by atoms with Crippen molar-refractivity contribution < 1.29 is 17.9 Å². The minimum atomic E-state index is -4.35. The van der Waals surface area contributed by atoms with E-state index < -0.39 is 11.7 Å². The first-order valence-electron chi connectivity index (χ1n) is 6.32. The molecule has 1 N–H and O–H groups in total. The molecule has 0 radical (unpaired) electrons. The fourth-order valence-corrected chi connectivity index (χ4v) is 1.84. The van der Waals surface area contributed by atoms with Gasteiger partial charge in [0.05, 0.1) is 24.9 Å². The normalized spacial score (nSPS) is 11.3. The third-order valence-electron chi connectivity index (χ3n) is 3.02. The molecule has 0 aliphatic rings. The number of nitrogens with one attached hydrogen (secondary N) is 1. The molecule has 0 unspecified atom stereocenters. The van der Waals surface area contributed by atoms with Crippen molar-refractivity contribution in [3.05, 3.63) is 53.2 Å². The summed E-state index contributed by atoms with van der Waals surface area (Å²) in [4.78, 5) is 4.20. The molecule has 0 saturated heterocycles. The molecule has 1 aromatic carbocycles. The van der Waals surface area contributed by atoms with E-state index >= 15 is 0 Å². The maximum Gasteiger partial charge on any atom is 0.416 e. The Morgan fingerprint density at radius 1 is 1.19 bits per heavy atom. The van der Waals surface area contributed by atoms with Crippen LogP contribution in [0.25, 0.3) is 0 Å². The number of rotatable bonds is 4. The number of aryl methyl sites for hydroxylation is 1. The summed E-state index contributed by atoms with van der Waals surface area (Å²) < 4.78 is 43.1. The van der Waals surface area contributed by atoms with E-state index in [1.165, 1.54) is 13.2 Å². The van der Waals surface area contributed by atoms with E-state index in [1.54, 1.807) is 25.1 Å². The zero-order valence-electron chi connectivity index (χ0n) is 11.7. The van der Waals surface area contributed by atoms with Crippen LogP contribution in [0.4, 0.5) is 18.9 Å². The van der Waals surface area contributed by atoms with Gasteiger partial charge in [0.25, 0.3) is 0 Å². The average Bonchev–Trinajstić information content (AvgIpc) is 2.45. The molecule has 0 saturated carbocycles. The molecule has 0 aliphatic carbocycles. The number of halogens is 3. The Labute approximate surface area is 120 Å². The minimum Gasteiger partial charge on any atom is -0.481 e. The SMILES string of the molecule is COc1cccc(CNc2cc(C(F)(F)F)ccc2C)n1. The third-order valence-corrected chi connectivity index (χ3v) is 3.02. The van der Waals surface area contributed by atoms with Crippen LogP contribution in [0.2, 0.25) is 0 Å². The van der Waals surface area contributed by atoms with E-state index in [9.17, 15) is 13.2 Å². The van der Waals surface area contributed by atoms with Gasteiger partial charge in [0.15, 0.2) is 0 Å². The van der Waals surface area contributed by atoms with Crippen molar-refractivity contribution in [1.29, 1.82) is 0 Å². The predicted molar refractivity (Wildman–Crippen MR) is 74.3 cm³/mol. The average molecular weight is 296 g/mol. The Hall–Kier alpha value is -2.24. The molecule has 0 fully saturated rings. The topological polar surface area (TPSA) is 34.1 Å². The molecule has 21 heavy (non-hydrogen) atoms. The van der Waals surface area contributed by atoms with Gasteiger partial charge in [-0.1, -0.05) is 12.1 Å². The number of methoxy groups -OCH3 is 1. The number of aromatic nitrogens is 1. The van der Waals surface area contributed by atoms with Crippen LogP contribution in [0, 0.1) is 6.92 Å². The predicted octanol–water partition coefficient (Wildman–Crippen LogP) is 4.03. The van der Waals surface area contributed by atoms with Crippen molar-refractivity contribution in [2.45, 2.75) is 19.6 Å². The van der Waals surface area contributed by atoms with Crippen molar-refractivity contribution in [3.63, 3.8) is 0 Å². The summed E-state index contributed by atoms with van der Waals surface area (Å²) >= 11 is 0. The highest BCUT2D eigenvalue weighted by Crippen LogP contribution is 2.32. The van der Waals surface area contributed by atoms with Crippen molar-refractivity contribution in [1.82, 2.24) is 4.98 Å². The van der Waals surface area contributed by atoms with Gasteiger partial charge in [-0.2, -0.15) is 13.2 Å². The van der Waals surface area contributed by atoms with Crippen molar-refractivity contribution in [2.24, 2.45) is 0 Å². The summed E-state index contributed by atoms with van der Waals surface area (Å²) in [5.41, 5.74) is 1.20. The Bertz CT molecular complexity index is 627. The molecule has 0 atom stereocenters. The molecule has 112 valence electrons. The first-order chi connectivity index (χ1) is 9.90. The lowest BCUT2D eigenvalue weighted by molar-refractivity contribution is -0.137. The second kappa shape index (κ2) is 6.03. The summed E-state index contributed by atoms with van der Waals surface area (Å²) in [7, 11) is 1.51. The van der Waals surface area contributed by atoms with Gasteiger partial charge < -0.3 is 10.1 Å². The van der Waals surface area contributed by atoms with Gasteiger partial charge in [-0.25, -0.2) is 4.98 Å². The Morgan fingerprint density at radius 3 is 2.62 bits per heavy atom. The third kappa shape index (κ3) is 3.87. The molecule has 0 bridgehead atoms. The smallest absolute Gasteiger partial charge is 0.416 e. The molecular weight excluding hydrogens is 281 g/mol. The highest BCUT2D eigenvalue weighted by atomic mass is 19.4. The van der Waals surface area contributed by atoms with Gasteiger partial charge >= 0.3 is 6.18 Å². The van der Waals surface area contributed by atoms with Crippen LogP contribution in [0.5, 0.6) is 5.88 Å². The lowest BCUT2D eigenvalue weighted by Crippen LogP contribution is -2.08. The highest BCUT2D eigenvalue weighted by Gasteiger charge is 2.30. The first-order valence-corrected chi connectivity index (χ1v) is 6.32. The zero-order valence-corrected chi connectivity index (χ0v) is 11.7. The van der Waals surface area contributed by atoms with Gasteiger partial charge in [-0.15, -0.1) is 0 Å². The summed E-state index contributed by atoms with van der Waals surface area (Å²) in [5.74, 6) is 0.468. The number of benzene rings is 1. The van der Waals surface area contributed by atoms with Gasteiger partial charge in [0, 0.05) is 11.8 Å². The Morgan fingerprint density at radius 2 is 1.95 bits per heavy atom. The van der Waals surface area contributed by atoms with Crippen LogP contribution in [-0.4, -0.2) is 12.1 Å². The van der Waals surface area contributed by atoms with Gasteiger partial charge in [0.1, 0.15) is 0 Å². The number of anilines is 1. The molecule has 0 spiro atoms. The summed E-state index contributed by atoms with van der Waals surface area (Å²) in [5, 5.41) is 2.97. The van der Waals surface area contributed by atoms with Gasteiger partial charge in [0.2, 0.25) is 5.88 Å². The number of hydrogen-bond donors (Lipinski definition) is 1. The molecule has 3 nitrogen and oxygen atoms in total. The molecule has 0 aliphatic heterocycles. The van der Waals surface area contributed by atoms with E-state index in [0.29, 0.717) is 23.8 Å². The van der Waals surface area contributed by atoms with Crippen LogP contribution >= 0.6 is 0 Å². The van der Waals surface area contributed by atoms with Crippen LogP contribution in [0.3, 0.4) is 0 Å². The van der Waals surface area contributed by atoms with E-state index in [0.717, 1.165) is 17.7 Å². The lowest BCUT2D eigenvalue weighted by atomic mass is 10.1.